The molecule has 5 saturated carbocycles. The summed E-state index contributed by atoms with van der Waals surface area (Å²) in [5.41, 5.74) is 3.58. The highest BCUT2D eigenvalue weighted by Crippen LogP contribution is 2.89. The Morgan fingerprint density at radius 1 is 0.912 bits per heavy atom. The van der Waals surface area contributed by atoms with Crippen LogP contribution in [0.15, 0.2) is 12.2 Å². The van der Waals surface area contributed by atoms with E-state index in [0.29, 0.717) is 34.1 Å². The van der Waals surface area contributed by atoms with E-state index in [1.54, 1.807) is 0 Å². The SMILES string of the molecule is C=C(C)[C@@H](C)CC[C@@H](C)[C@H]1CC[C@@]2(C)C3CCC4C(C)(C)[C@@H](OC=O)CC[C@@]45C[C@@]35CC[C@]12C. The molecule has 0 amide bonds. The lowest BCUT2D eigenvalue weighted by atomic mass is 9.41. The Balaban J connectivity index is 1.37. The standard InChI is InChI=1S/C32H52O2/c1-21(2)22(3)9-10-23(4)24-13-15-30(8)26-12-11-25-28(5,6)27(34-20-33)14-16-31(25)19-32(26,31)18-17-29(24,30)7/h20,22-27H,1,9-19H2,2-8H3/t22-,23+,24+,25?,26?,27-,29+,30-,31+,32-/m0/s1. The van der Waals surface area contributed by atoms with Gasteiger partial charge >= 0.3 is 0 Å². The third kappa shape index (κ3) is 3.01. The third-order valence-corrected chi connectivity index (χ3v) is 13.9. The molecule has 0 heterocycles. The van der Waals surface area contributed by atoms with E-state index in [1.165, 1.54) is 69.8 Å². The fraction of sp³-hybridized carbons (Fsp3) is 0.906. The summed E-state index contributed by atoms with van der Waals surface area (Å²) in [6, 6.07) is 0. The van der Waals surface area contributed by atoms with Gasteiger partial charge in [0.1, 0.15) is 6.10 Å². The molecule has 0 aromatic heterocycles. The van der Waals surface area contributed by atoms with Crippen LogP contribution in [-0.2, 0) is 9.53 Å². The van der Waals surface area contributed by atoms with Gasteiger partial charge in [0.05, 0.1) is 0 Å². The predicted molar refractivity (Wildman–Crippen MR) is 140 cm³/mol. The van der Waals surface area contributed by atoms with Crippen LogP contribution in [-0.4, -0.2) is 12.6 Å². The summed E-state index contributed by atoms with van der Waals surface area (Å²) in [6.07, 6.45) is 15.1. The zero-order valence-corrected chi connectivity index (χ0v) is 23.3. The minimum absolute atomic E-state index is 0.109. The molecule has 10 atom stereocenters. The van der Waals surface area contributed by atoms with Gasteiger partial charge in [-0.3, -0.25) is 4.79 Å². The van der Waals surface area contributed by atoms with Gasteiger partial charge < -0.3 is 4.74 Å². The minimum Gasteiger partial charge on any atom is -0.464 e. The number of carbonyl (C=O) groups is 1. The maximum atomic E-state index is 11.2. The van der Waals surface area contributed by atoms with Crippen molar-refractivity contribution in [1.82, 2.24) is 0 Å². The highest BCUT2D eigenvalue weighted by atomic mass is 16.5. The molecule has 5 aliphatic rings. The van der Waals surface area contributed by atoms with Crippen molar-refractivity contribution in [3.8, 4) is 0 Å². The molecular weight excluding hydrogens is 416 g/mol. The lowest BCUT2D eigenvalue weighted by Gasteiger charge is -2.63. The van der Waals surface area contributed by atoms with Crippen molar-refractivity contribution in [3.63, 3.8) is 0 Å². The Kier molecular flexibility index (Phi) is 5.75. The highest BCUT2D eigenvalue weighted by molar-refractivity contribution is 5.38. The second-order valence-corrected chi connectivity index (χ2v) is 15.0. The average Bonchev–Trinajstić information content (AvgIpc) is 3.36. The van der Waals surface area contributed by atoms with E-state index in [2.05, 4.69) is 55.0 Å². The molecule has 0 aromatic rings. The number of rotatable bonds is 7. The van der Waals surface area contributed by atoms with Gasteiger partial charge in [-0.05, 0) is 129 Å². The quantitative estimate of drug-likeness (QED) is 0.276. The molecule has 5 fully saturated rings. The molecule has 34 heavy (non-hydrogen) atoms. The fourth-order valence-electron chi connectivity index (χ4n) is 11.6. The Bertz CT molecular complexity index is 844. The largest absolute Gasteiger partial charge is 0.464 e. The summed E-state index contributed by atoms with van der Waals surface area (Å²) in [7, 11) is 0. The zero-order valence-electron chi connectivity index (χ0n) is 23.3. The first-order chi connectivity index (χ1) is 15.9. The molecule has 0 aliphatic heterocycles. The van der Waals surface area contributed by atoms with Crippen molar-refractivity contribution in [1.29, 1.82) is 0 Å². The van der Waals surface area contributed by atoms with Crippen LogP contribution in [0.25, 0.3) is 0 Å². The molecule has 2 heteroatoms. The zero-order chi connectivity index (χ0) is 24.7. The highest BCUT2D eigenvalue weighted by Gasteiger charge is 2.82. The van der Waals surface area contributed by atoms with Gasteiger partial charge in [-0.15, -0.1) is 0 Å². The van der Waals surface area contributed by atoms with E-state index in [4.69, 9.17) is 4.74 Å². The van der Waals surface area contributed by atoms with Gasteiger partial charge in [-0.25, -0.2) is 0 Å². The number of allylic oxidation sites excluding steroid dienone is 1. The van der Waals surface area contributed by atoms with Crippen LogP contribution in [0.5, 0.6) is 0 Å². The van der Waals surface area contributed by atoms with Crippen molar-refractivity contribution < 1.29 is 9.53 Å². The second kappa shape index (κ2) is 7.85. The summed E-state index contributed by atoms with van der Waals surface area (Å²) in [6.45, 7) is 22.3. The van der Waals surface area contributed by atoms with E-state index < -0.39 is 0 Å². The maximum Gasteiger partial charge on any atom is 0.293 e. The van der Waals surface area contributed by atoms with Crippen molar-refractivity contribution >= 4 is 6.47 Å². The molecule has 5 rings (SSSR count). The Morgan fingerprint density at radius 3 is 2.26 bits per heavy atom. The molecule has 5 aliphatic carbocycles. The summed E-state index contributed by atoms with van der Waals surface area (Å²) in [4.78, 5) is 11.2. The molecule has 0 bridgehead atoms. The minimum atomic E-state index is 0.109. The first-order valence-corrected chi connectivity index (χ1v) is 14.6. The fourth-order valence-corrected chi connectivity index (χ4v) is 11.6. The van der Waals surface area contributed by atoms with Crippen LogP contribution in [0, 0.1) is 56.7 Å². The van der Waals surface area contributed by atoms with E-state index >= 15 is 0 Å². The van der Waals surface area contributed by atoms with Gasteiger partial charge in [-0.2, -0.15) is 0 Å². The van der Waals surface area contributed by atoms with E-state index in [-0.39, 0.29) is 11.5 Å². The van der Waals surface area contributed by atoms with Gasteiger partial charge in [0.15, 0.2) is 0 Å². The van der Waals surface area contributed by atoms with Crippen LogP contribution < -0.4 is 0 Å². The number of hydrogen-bond acceptors (Lipinski definition) is 2. The van der Waals surface area contributed by atoms with Gasteiger partial charge in [0.2, 0.25) is 0 Å². The normalized spacial score (nSPS) is 50.1. The molecule has 2 nitrogen and oxygen atoms in total. The van der Waals surface area contributed by atoms with E-state index in [0.717, 1.165) is 30.1 Å². The Hall–Kier alpha value is -0.790. The predicted octanol–water partition coefficient (Wildman–Crippen LogP) is 8.60. The second-order valence-electron chi connectivity index (χ2n) is 15.0. The van der Waals surface area contributed by atoms with Crippen LogP contribution in [0.3, 0.4) is 0 Å². The molecule has 0 radical (unpaired) electrons. The van der Waals surface area contributed by atoms with Crippen molar-refractivity contribution in [2.75, 3.05) is 0 Å². The van der Waals surface area contributed by atoms with E-state index in [9.17, 15) is 4.79 Å². The summed E-state index contributed by atoms with van der Waals surface area (Å²) in [5, 5.41) is 0. The van der Waals surface area contributed by atoms with Crippen LogP contribution >= 0.6 is 0 Å². The number of ether oxygens (including phenoxy) is 1. The molecule has 0 aromatic carbocycles. The topological polar surface area (TPSA) is 26.3 Å². The Labute approximate surface area is 210 Å². The van der Waals surface area contributed by atoms with Crippen LogP contribution in [0.2, 0.25) is 0 Å². The van der Waals surface area contributed by atoms with E-state index in [1.807, 2.05) is 0 Å². The maximum absolute atomic E-state index is 11.2. The third-order valence-electron chi connectivity index (χ3n) is 13.9. The number of fused-ring (bicyclic) bond motifs is 2. The van der Waals surface area contributed by atoms with Crippen molar-refractivity contribution in [2.24, 2.45) is 56.7 Å². The molecule has 2 unspecified atom stereocenters. The molecular formula is C32H52O2. The number of carbonyl (C=O) groups excluding carboxylic acids is 1. The smallest absolute Gasteiger partial charge is 0.293 e. The molecule has 2 spiro atoms. The summed E-state index contributed by atoms with van der Waals surface area (Å²) >= 11 is 0. The average molecular weight is 469 g/mol. The van der Waals surface area contributed by atoms with Crippen LogP contribution in [0.1, 0.15) is 119 Å². The Morgan fingerprint density at radius 2 is 1.59 bits per heavy atom. The first-order valence-electron chi connectivity index (χ1n) is 14.6. The van der Waals surface area contributed by atoms with Gasteiger partial charge in [0.25, 0.3) is 6.47 Å². The van der Waals surface area contributed by atoms with Gasteiger partial charge in [0, 0.05) is 5.41 Å². The summed E-state index contributed by atoms with van der Waals surface area (Å²) in [5.74, 6) is 3.99. The molecule has 0 saturated heterocycles. The monoisotopic (exact) mass is 468 g/mol. The summed E-state index contributed by atoms with van der Waals surface area (Å²) < 4.78 is 5.66. The van der Waals surface area contributed by atoms with Gasteiger partial charge in [-0.1, -0.05) is 53.7 Å². The molecule has 0 N–H and O–H groups in total. The lowest BCUT2D eigenvalue weighted by Crippen LogP contribution is -2.57. The number of hydrogen-bond donors (Lipinski definition) is 0. The van der Waals surface area contributed by atoms with Crippen molar-refractivity contribution in [3.05, 3.63) is 12.2 Å². The first kappa shape index (κ1) is 24.9. The lowest BCUT2D eigenvalue weighted by molar-refractivity contribution is -0.174. The van der Waals surface area contributed by atoms with Crippen LogP contribution in [0.4, 0.5) is 0 Å². The molecule has 192 valence electrons. The van der Waals surface area contributed by atoms with Crippen molar-refractivity contribution in [2.45, 2.75) is 125 Å².